The van der Waals surface area contributed by atoms with Gasteiger partial charge in [-0.05, 0) is 55.1 Å². The highest BCUT2D eigenvalue weighted by Gasteiger charge is 2.22. The van der Waals surface area contributed by atoms with Gasteiger partial charge in [-0.3, -0.25) is 9.35 Å². The van der Waals surface area contributed by atoms with Crippen LogP contribution in [-0.2, 0) is 10.1 Å². The number of nitrogens with one attached hydrogen (secondary N) is 1. The van der Waals surface area contributed by atoms with Crippen LogP contribution >= 0.6 is 23.2 Å². The maximum Gasteiger partial charge on any atom is 0.296 e. The van der Waals surface area contributed by atoms with Crippen LogP contribution in [0.3, 0.4) is 0 Å². The van der Waals surface area contributed by atoms with E-state index in [4.69, 9.17) is 27.9 Å². The van der Waals surface area contributed by atoms with Gasteiger partial charge in [0.05, 0.1) is 22.9 Å². The van der Waals surface area contributed by atoms with Gasteiger partial charge in [0.15, 0.2) is 11.5 Å². The smallest absolute Gasteiger partial charge is 0.296 e. The van der Waals surface area contributed by atoms with Crippen molar-refractivity contribution >= 4 is 67.1 Å². The van der Waals surface area contributed by atoms with Crippen molar-refractivity contribution in [3.05, 3.63) is 81.8 Å². The number of fused-ring (bicyclic) bond motifs is 1. The molecule has 12 heteroatoms. The van der Waals surface area contributed by atoms with Crippen molar-refractivity contribution in [3.63, 3.8) is 0 Å². The van der Waals surface area contributed by atoms with Gasteiger partial charge in [-0.2, -0.15) is 8.42 Å². The van der Waals surface area contributed by atoms with Gasteiger partial charge < -0.3 is 15.2 Å². The molecule has 0 atom stereocenters. The van der Waals surface area contributed by atoms with Crippen molar-refractivity contribution in [2.45, 2.75) is 18.7 Å². The van der Waals surface area contributed by atoms with Crippen LogP contribution in [-0.4, -0.2) is 30.6 Å². The van der Waals surface area contributed by atoms with Crippen molar-refractivity contribution < 1.29 is 27.6 Å². The van der Waals surface area contributed by atoms with E-state index >= 15 is 0 Å². The van der Waals surface area contributed by atoms with Crippen molar-refractivity contribution in [2.24, 2.45) is 10.2 Å². The molecule has 0 radical (unpaired) electrons. The van der Waals surface area contributed by atoms with Crippen molar-refractivity contribution in [1.82, 2.24) is 0 Å². The summed E-state index contributed by atoms with van der Waals surface area (Å²) < 4.78 is 39.0. The Bertz CT molecular complexity index is 1710. The van der Waals surface area contributed by atoms with Crippen LogP contribution in [0.15, 0.2) is 75.8 Å². The number of rotatable bonds is 7. The fourth-order valence-electron chi connectivity index (χ4n) is 3.72. The molecule has 0 aliphatic carbocycles. The van der Waals surface area contributed by atoms with Crippen LogP contribution in [0.1, 0.15) is 22.8 Å². The van der Waals surface area contributed by atoms with Crippen LogP contribution in [0.25, 0.3) is 10.8 Å². The van der Waals surface area contributed by atoms with Crippen LogP contribution in [0.5, 0.6) is 11.5 Å². The standard InChI is InChI=1S/C26H21Cl2N3O6S/c1-3-37-25-18(27)9-6-10-20(25)29-26(33)17-12-15-7-4-5-8-16(15)23(24(17)32)31-30-21-11-14(2)19(28)13-22(21)38(34,35)36/h4-13,32H,3H2,1-2H3,(H,29,33)(H,34,35,36). The van der Waals surface area contributed by atoms with Crippen LogP contribution in [0, 0.1) is 6.92 Å². The number of azo groups is 1. The average Bonchev–Trinajstić information content (AvgIpc) is 2.86. The molecule has 9 nitrogen and oxygen atoms in total. The van der Waals surface area contributed by atoms with Gasteiger partial charge in [0, 0.05) is 10.4 Å². The third kappa shape index (κ3) is 5.58. The molecular weight excluding hydrogens is 553 g/mol. The molecule has 0 aliphatic heterocycles. The maximum absolute atomic E-state index is 13.3. The van der Waals surface area contributed by atoms with E-state index in [1.54, 1.807) is 56.3 Å². The fraction of sp³-hybridized carbons (Fsp3) is 0.115. The molecule has 0 fully saturated rings. The highest BCUT2D eigenvalue weighted by molar-refractivity contribution is 7.86. The van der Waals surface area contributed by atoms with Gasteiger partial charge in [0.2, 0.25) is 0 Å². The molecule has 4 aromatic carbocycles. The molecule has 0 aliphatic rings. The van der Waals surface area contributed by atoms with E-state index < -0.39 is 26.7 Å². The van der Waals surface area contributed by atoms with E-state index in [9.17, 15) is 22.9 Å². The lowest BCUT2D eigenvalue weighted by Crippen LogP contribution is -2.13. The van der Waals surface area contributed by atoms with Crippen LogP contribution in [0.4, 0.5) is 17.1 Å². The van der Waals surface area contributed by atoms with E-state index in [2.05, 4.69) is 15.5 Å². The molecule has 1 amide bonds. The number of para-hydroxylation sites is 1. The topological polar surface area (TPSA) is 138 Å². The molecule has 0 saturated carbocycles. The molecule has 0 aromatic heterocycles. The van der Waals surface area contributed by atoms with Crippen molar-refractivity contribution in [2.75, 3.05) is 11.9 Å². The lowest BCUT2D eigenvalue weighted by atomic mass is 10.0. The van der Waals surface area contributed by atoms with Crippen molar-refractivity contribution in [1.29, 1.82) is 0 Å². The second kappa shape index (κ2) is 11.0. The molecular formula is C26H21Cl2N3O6S. The Hall–Kier alpha value is -3.70. The molecule has 38 heavy (non-hydrogen) atoms. The first-order valence-electron chi connectivity index (χ1n) is 11.2. The Morgan fingerprint density at radius 1 is 1.03 bits per heavy atom. The first kappa shape index (κ1) is 27.3. The minimum Gasteiger partial charge on any atom is -0.505 e. The molecule has 0 spiro atoms. The predicted octanol–water partition coefficient (Wildman–Crippen LogP) is 7.47. The summed E-state index contributed by atoms with van der Waals surface area (Å²) in [5, 5.41) is 23.3. The summed E-state index contributed by atoms with van der Waals surface area (Å²) in [5.41, 5.74) is 0.380. The van der Waals surface area contributed by atoms with Gasteiger partial charge in [0.1, 0.15) is 16.3 Å². The minimum atomic E-state index is -4.69. The lowest BCUT2D eigenvalue weighted by molar-refractivity contribution is 0.102. The number of halogens is 2. The number of carbonyl (C=O) groups excluding carboxylic acids is 1. The number of amides is 1. The number of phenolic OH excluding ortho intramolecular Hbond substituents is 1. The first-order valence-corrected chi connectivity index (χ1v) is 13.4. The van der Waals surface area contributed by atoms with Gasteiger partial charge in [-0.15, -0.1) is 10.2 Å². The molecule has 0 saturated heterocycles. The zero-order valence-electron chi connectivity index (χ0n) is 20.1. The summed E-state index contributed by atoms with van der Waals surface area (Å²) in [6.07, 6.45) is 0. The molecule has 0 bridgehead atoms. The molecule has 196 valence electrons. The number of benzene rings is 4. The monoisotopic (exact) mass is 573 g/mol. The highest BCUT2D eigenvalue weighted by Crippen LogP contribution is 2.41. The molecule has 0 heterocycles. The number of aromatic hydroxyl groups is 1. The van der Waals surface area contributed by atoms with Crippen LogP contribution < -0.4 is 10.1 Å². The predicted molar refractivity (Wildman–Crippen MR) is 146 cm³/mol. The zero-order chi connectivity index (χ0) is 27.6. The maximum atomic E-state index is 13.3. The van der Waals surface area contributed by atoms with E-state index in [1.165, 1.54) is 12.1 Å². The van der Waals surface area contributed by atoms with Crippen LogP contribution in [0.2, 0.25) is 10.0 Å². The Morgan fingerprint density at radius 3 is 2.47 bits per heavy atom. The first-order chi connectivity index (χ1) is 18.0. The number of ether oxygens (including phenoxy) is 1. The number of nitrogens with zero attached hydrogens (tertiary/aromatic N) is 2. The number of carbonyl (C=O) groups is 1. The highest BCUT2D eigenvalue weighted by atomic mass is 35.5. The Balaban J connectivity index is 1.84. The third-order valence-corrected chi connectivity index (χ3v) is 7.11. The quantitative estimate of drug-likeness (QED) is 0.155. The summed E-state index contributed by atoms with van der Waals surface area (Å²) in [4.78, 5) is 12.7. The fourth-order valence-corrected chi connectivity index (χ4v) is 4.80. The zero-order valence-corrected chi connectivity index (χ0v) is 22.4. The third-order valence-electron chi connectivity index (χ3n) is 5.52. The Morgan fingerprint density at radius 2 is 1.76 bits per heavy atom. The Kier molecular flexibility index (Phi) is 7.89. The molecule has 4 aromatic rings. The SMILES string of the molecule is CCOc1c(Cl)cccc1NC(=O)c1cc2ccccc2c(N=Nc2cc(C)c(Cl)cc2S(=O)(=O)O)c1O. The normalized spacial score (nSPS) is 11.7. The van der Waals surface area contributed by atoms with E-state index in [0.29, 0.717) is 33.7 Å². The van der Waals surface area contributed by atoms with E-state index in [1.807, 2.05) is 0 Å². The molecule has 4 rings (SSSR count). The van der Waals surface area contributed by atoms with E-state index in [-0.39, 0.29) is 27.7 Å². The number of aryl methyl sites for hydroxylation is 1. The summed E-state index contributed by atoms with van der Waals surface area (Å²) in [5.74, 6) is -0.890. The molecule has 0 unspecified atom stereocenters. The number of anilines is 1. The lowest BCUT2D eigenvalue weighted by Gasteiger charge is -2.14. The summed E-state index contributed by atoms with van der Waals surface area (Å²) in [7, 11) is -4.69. The van der Waals surface area contributed by atoms with Gasteiger partial charge in [-0.25, -0.2) is 0 Å². The number of phenols is 1. The molecule has 3 N–H and O–H groups in total. The minimum absolute atomic E-state index is 0.0849. The van der Waals surface area contributed by atoms with Gasteiger partial charge >= 0.3 is 0 Å². The summed E-state index contributed by atoms with van der Waals surface area (Å²) in [6.45, 7) is 3.71. The number of hydrogen-bond acceptors (Lipinski definition) is 7. The van der Waals surface area contributed by atoms with Gasteiger partial charge in [0.25, 0.3) is 16.0 Å². The van der Waals surface area contributed by atoms with Crippen molar-refractivity contribution in [3.8, 4) is 11.5 Å². The second-order valence-electron chi connectivity index (χ2n) is 8.09. The average molecular weight is 574 g/mol. The van der Waals surface area contributed by atoms with E-state index in [0.717, 1.165) is 6.07 Å². The van der Waals surface area contributed by atoms with Gasteiger partial charge in [-0.1, -0.05) is 53.5 Å². The number of hydrogen-bond donors (Lipinski definition) is 3. The summed E-state index contributed by atoms with van der Waals surface area (Å²) in [6, 6.07) is 15.6. The summed E-state index contributed by atoms with van der Waals surface area (Å²) >= 11 is 12.2. The second-order valence-corrected chi connectivity index (χ2v) is 10.3. The largest absolute Gasteiger partial charge is 0.505 e. The Labute approximate surface area is 228 Å².